The second-order valence-corrected chi connectivity index (χ2v) is 4.09. The fourth-order valence-corrected chi connectivity index (χ4v) is 2.09. The Labute approximate surface area is 119 Å². The Bertz CT molecular complexity index is 259. The van der Waals surface area contributed by atoms with Gasteiger partial charge in [0.25, 0.3) is 0 Å². The molecule has 0 aromatic carbocycles. The van der Waals surface area contributed by atoms with Crippen molar-refractivity contribution >= 4 is 0 Å². The average Bonchev–Trinajstić information content (AvgIpc) is 2.68. The van der Waals surface area contributed by atoms with Crippen LogP contribution in [0, 0.1) is 5.92 Å². The number of hydrogen-bond donors (Lipinski definition) is 3. The zero-order chi connectivity index (χ0) is 15.1. The van der Waals surface area contributed by atoms with E-state index in [9.17, 15) is 0 Å². The van der Waals surface area contributed by atoms with Crippen molar-refractivity contribution in [2.75, 3.05) is 20.2 Å². The maximum Gasteiger partial charge on any atom is 0.0319 e. The summed E-state index contributed by atoms with van der Waals surface area (Å²) >= 11 is 0. The Balaban J connectivity index is 0. The quantitative estimate of drug-likeness (QED) is 0.690. The average molecular weight is 268 g/mol. The molecule has 0 radical (unpaired) electrons. The summed E-state index contributed by atoms with van der Waals surface area (Å²) in [6.07, 6.45) is 10.4. The third-order valence-electron chi connectivity index (χ3n) is 2.80. The van der Waals surface area contributed by atoms with Crippen LogP contribution >= 0.6 is 0 Å². The van der Waals surface area contributed by atoms with Crippen LogP contribution in [-0.2, 0) is 0 Å². The molecule has 0 spiro atoms. The van der Waals surface area contributed by atoms with E-state index in [0.717, 1.165) is 33.0 Å². The molecule has 0 aromatic heterocycles. The first-order chi connectivity index (χ1) is 9.27. The van der Waals surface area contributed by atoms with Crippen molar-refractivity contribution in [3.8, 4) is 0 Å². The van der Waals surface area contributed by atoms with Crippen LogP contribution in [-0.4, -0.2) is 31.3 Å². The number of nitrogens with two attached hydrogens (primary N) is 1. The van der Waals surface area contributed by atoms with Crippen LogP contribution in [0.15, 0.2) is 36.5 Å². The summed E-state index contributed by atoms with van der Waals surface area (Å²) in [7, 11) is 1.00. The lowest BCUT2D eigenvalue weighted by Crippen LogP contribution is -2.32. The van der Waals surface area contributed by atoms with Crippen LogP contribution in [0.25, 0.3) is 0 Å². The van der Waals surface area contributed by atoms with E-state index >= 15 is 0 Å². The van der Waals surface area contributed by atoms with Gasteiger partial charge in [0, 0.05) is 19.7 Å². The van der Waals surface area contributed by atoms with Gasteiger partial charge in [0.2, 0.25) is 0 Å². The van der Waals surface area contributed by atoms with Gasteiger partial charge in [-0.3, -0.25) is 0 Å². The maximum absolute atomic E-state index is 7.00. The minimum Gasteiger partial charge on any atom is -0.400 e. The number of aliphatic hydroxyl groups excluding tert-OH is 1. The summed E-state index contributed by atoms with van der Waals surface area (Å²) in [6.45, 7) is 11.8. The molecule has 1 aliphatic rings. The molecule has 112 valence electrons. The number of rotatable bonds is 3. The lowest BCUT2D eigenvalue weighted by molar-refractivity contribution is 0.399. The van der Waals surface area contributed by atoms with Crippen LogP contribution in [0.4, 0.5) is 0 Å². The van der Waals surface area contributed by atoms with Gasteiger partial charge in [0.05, 0.1) is 0 Å². The van der Waals surface area contributed by atoms with Gasteiger partial charge in [0.15, 0.2) is 0 Å². The summed E-state index contributed by atoms with van der Waals surface area (Å²) in [6, 6.07) is 0.274. The fraction of sp³-hybridized carbons (Fsp3) is 0.625. The largest absolute Gasteiger partial charge is 0.400 e. The zero-order valence-electron chi connectivity index (χ0n) is 13.0. The summed E-state index contributed by atoms with van der Waals surface area (Å²) in [5, 5.41) is 10.4. The molecule has 0 bridgehead atoms. The SMILES string of the molecule is C=C/C=C(\C=C/C)C1CCNCC(N)C1.CC.CO. The predicted molar refractivity (Wildman–Crippen MR) is 86.2 cm³/mol. The molecule has 2 atom stereocenters. The molecule has 4 N–H and O–H groups in total. The van der Waals surface area contributed by atoms with Gasteiger partial charge < -0.3 is 16.2 Å². The zero-order valence-corrected chi connectivity index (χ0v) is 13.0. The highest BCUT2D eigenvalue weighted by molar-refractivity contribution is 5.25. The van der Waals surface area contributed by atoms with Crippen molar-refractivity contribution in [2.24, 2.45) is 11.7 Å². The standard InChI is InChI=1S/C13H22N2.C2H6.CH4O/c1-3-5-11(6-4-2)12-7-8-15-10-13(14)9-12;2*1-2/h3-6,12-13,15H,1,7-10,14H2,2H3;1-2H3;2H,1H3/b6-4-,11-5+;;. The third-order valence-corrected chi connectivity index (χ3v) is 2.80. The number of aliphatic hydroxyl groups is 1. The molecule has 2 unspecified atom stereocenters. The van der Waals surface area contributed by atoms with E-state index in [1.807, 2.05) is 26.8 Å². The van der Waals surface area contributed by atoms with Gasteiger partial charge in [-0.15, -0.1) is 0 Å². The van der Waals surface area contributed by atoms with Crippen molar-refractivity contribution in [1.82, 2.24) is 5.32 Å². The van der Waals surface area contributed by atoms with Crippen LogP contribution in [0.5, 0.6) is 0 Å². The van der Waals surface area contributed by atoms with Crippen molar-refractivity contribution in [3.63, 3.8) is 0 Å². The van der Waals surface area contributed by atoms with Crippen LogP contribution < -0.4 is 11.1 Å². The minimum absolute atomic E-state index is 0.274. The monoisotopic (exact) mass is 268 g/mol. The molecule has 19 heavy (non-hydrogen) atoms. The summed E-state index contributed by atoms with van der Waals surface area (Å²) in [5.41, 5.74) is 7.37. The van der Waals surface area contributed by atoms with Crippen molar-refractivity contribution in [2.45, 2.75) is 39.7 Å². The van der Waals surface area contributed by atoms with E-state index in [4.69, 9.17) is 10.8 Å². The molecule has 3 heteroatoms. The normalized spacial score (nSPS) is 23.6. The molecule has 3 nitrogen and oxygen atoms in total. The molecule has 1 rings (SSSR count). The third kappa shape index (κ3) is 9.65. The Morgan fingerprint density at radius 2 is 2.00 bits per heavy atom. The predicted octanol–water partition coefficient (Wildman–Crippen LogP) is 2.64. The van der Waals surface area contributed by atoms with Gasteiger partial charge in [-0.2, -0.15) is 0 Å². The van der Waals surface area contributed by atoms with E-state index in [2.05, 4.69) is 30.1 Å². The van der Waals surface area contributed by atoms with E-state index in [1.54, 1.807) is 0 Å². The molecule has 0 amide bonds. The Kier molecular flexibility index (Phi) is 16.3. The van der Waals surface area contributed by atoms with Gasteiger partial charge in [-0.05, 0) is 37.8 Å². The second-order valence-electron chi connectivity index (χ2n) is 4.09. The number of hydrogen-bond acceptors (Lipinski definition) is 3. The first-order valence-electron chi connectivity index (χ1n) is 7.14. The van der Waals surface area contributed by atoms with Crippen LogP contribution in [0.2, 0.25) is 0 Å². The molecule has 1 aliphatic heterocycles. The lowest BCUT2D eigenvalue weighted by Gasteiger charge is -2.17. The highest BCUT2D eigenvalue weighted by atomic mass is 16.2. The van der Waals surface area contributed by atoms with E-state index in [1.165, 1.54) is 5.57 Å². The van der Waals surface area contributed by atoms with Gasteiger partial charge in [-0.1, -0.05) is 44.7 Å². The summed E-state index contributed by atoms with van der Waals surface area (Å²) in [4.78, 5) is 0. The second kappa shape index (κ2) is 15.2. The molecule has 0 aromatic rings. The molecule has 0 aliphatic carbocycles. The Morgan fingerprint density at radius 3 is 2.53 bits per heavy atom. The molecule has 1 saturated heterocycles. The first kappa shape index (κ1) is 20.4. The minimum atomic E-state index is 0.274. The molecular weight excluding hydrogens is 236 g/mol. The van der Waals surface area contributed by atoms with Crippen molar-refractivity contribution in [3.05, 3.63) is 36.5 Å². The van der Waals surface area contributed by atoms with Crippen molar-refractivity contribution in [1.29, 1.82) is 0 Å². The number of allylic oxidation sites excluding steroid dienone is 5. The van der Waals surface area contributed by atoms with Gasteiger partial charge in [0.1, 0.15) is 0 Å². The highest BCUT2D eigenvalue weighted by Crippen LogP contribution is 2.23. The molecule has 1 fully saturated rings. The summed E-state index contributed by atoms with van der Waals surface area (Å²) < 4.78 is 0. The Morgan fingerprint density at radius 1 is 1.37 bits per heavy atom. The first-order valence-corrected chi connectivity index (χ1v) is 7.14. The van der Waals surface area contributed by atoms with Crippen molar-refractivity contribution < 1.29 is 5.11 Å². The molecule has 0 saturated carbocycles. The maximum atomic E-state index is 7.00. The fourth-order valence-electron chi connectivity index (χ4n) is 2.09. The lowest BCUT2D eigenvalue weighted by atomic mass is 9.89. The summed E-state index contributed by atoms with van der Waals surface area (Å²) in [5.74, 6) is 0.573. The number of nitrogens with one attached hydrogen (secondary N) is 1. The van der Waals surface area contributed by atoms with E-state index in [0.29, 0.717) is 5.92 Å². The molecule has 1 heterocycles. The van der Waals surface area contributed by atoms with Gasteiger partial charge >= 0.3 is 0 Å². The van der Waals surface area contributed by atoms with Gasteiger partial charge in [-0.25, -0.2) is 0 Å². The van der Waals surface area contributed by atoms with Crippen LogP contribution in [0.1, 0.15) is 33.6 Å². The Hall–Kier alpha value is -0.900. The van der Waals surface area contributed by atoms with E-state index in [-0.39, 0.29) is 6.04 Å². The smallest absolute Gasteiger partial charge is 0.0319 e. The highest BCUT2D eigenvalue weighted by Gasteiger charge is 2.18. The van der Waals surface area contributed by atoms with E-state index < -0.39 is 0 Å². The molecular formula is C16H32N2O. The topological polar surface area (TPSA) is 58.3 Å². The van der Waals surface area contributed by atoms with Crippen LogP contribution in [0.3, 0.4) is 0 Å².